The normalized spacial score (nSPS) is 13.3. The second kappa shape index (κ2) is 47.0. The molecule has 0 spiro atoms. The number of hydrogen-bond donors (Lipinski definition) is 2. The first-order chi connectivity index (χ1) is 29.3. The number of ether oxygens (including phenoxy) is 2. The van der Waals surface area contributed by atoms with Crippen LogP contribution in [0.4, 0.5) is 0 Å². The van der Waals surface area contributed by atoms with Crippen LogP contribution in [0.2, 0.25) is 0 Å². The third-order valence-electron chi connectivity index (χ3n) is 11.1. The summed E-state index contributed by atoms with van der Waals surface area (Å²) in [5.74, 6) is -0.828. The van der Waals surface area contributed by atoms with Crippen LogP contribution >= 0.6 is 7.82 Å². The molecule has 2 unspecified atom stereocenters. The summed E-state index contributed by atoms with van der Waals surface area (Å²) in [4.78, 5) is 35.0. The monoisotopic (exact) mass is 870 g/mol. The fraction of sp³-hybridized carbons (Fsp3) is 0.880. The van der Waals surface area contributed by atoms with Crippen LogP contribution < -0.4 is 5.73 Å². The highest BCUT2D eigenvalue weighted by Crippen LogP contribution is 2.43. The Kier molecular flexibility index (Phi) is 45.8. The predicted octanol–water partition coefficient (Wildman–Crippen LogP) is 15.1. The quantitative estimate of drug-likeness (QED) is 0.0265. The lowest BCUT2D eigenvalue weighted by molar-refractivity contribution is -0.161. The van der Waals surface area contributed by atoms with Gasteiger partial charge in [-0.2, -0.15) is 0 Å². The molecule has 354 valence electrons. The van der Waals surface area contributed by atoms with Gasteiger partial charge in [-0.25, -0.2) is 4.57 Å². The molecule has 0 bridgehead atoms. The van der Waals surface area contributed by atoms with Crippen molar-refractivity contribution in [2.45, 2.75) is 258 Å². The van der Waals surface area contributed by atoms with E-state index >= 15 is 0 Å². The minimum Gasteiger partial charge on any atom is -0.462 e. The molecule has 0 aliphatic carbocycles. The van der Waals surface area contributed by atoms with Gasteiger partial charge in [0.25, 0.3) is 0 Å². The lowest BCUT2D eigenvalue weighted by atomic mass is 10.0. The Morgan fingerprint density at radius 1 is 0.483 bits per heavy atom. The van der Waals surface area contributed by atoms with Crippen molar-refractivity contribution in [2.24, 2.45) is 5.73 Å². The van der Waals surface area contributed by atoms with Crippen molar-refractivity contribution in [3.8, 4) is 0 Å². The van der Waals surface area contributed by atoms with Gasteiger partial charge in [0.2, 0.25) is 0 Å². The molecule has 9 nitrogen and oxygen atoms in total. The second-order valence-corrected chi connectivity index (χ2v) is 18.5. The van der Waals surface area contributed by atoms with E-state index in [0.29, 0.717) is 6.42 Å². The maximum absolute atomic E-state index is 12.6. The smallest absolute Gasteiger partial charge is 0.462 e. The van der Waals surface area contributed by atoms with E-state index in [0.717, 1.165) is 51.4 Å². The van der Waals surface area contributed by atoms with Crippen molar-refractivity contribution >= 4 is 19.8 Å². The van der Waals surface area contributed by atoms with Crippen LogP contribution in [0.25, 0.3) is 0 Å². The Bertz CT molecular complexity index is 1040. The molecule has 3 N–H and O–H groups in total. The van der Waals surface area contributed by atoms with Crippen LogP contribution in [0.3, 0.4) is 0 Å². The number of esters is 2. The zero-order valence-corrected chi connectivity index (χ0v) is 40.1. The Hall–Kier alpha value is -1.51. The highest BCUT2D eigenvalue weighted by Gasteiger charge is 2.26. The van der Waals surface area contributed by atoms with E-state index in [2.05, 4.69) is 38.2 Å². The van der Waals surface area contributed by atoms with Crippen molar-refractivity contribution in [2.75, 3.05) is 26.4 Å². The molecular weight excluding hydrogens is 774 g/mol. The number of carbonyl (C=O) groups excluding carboxylic acids is 2. The lowest BCUT2D eigenvalue weighted by Gasteiger charge is -2.19. The summed E-state index contributed by atoms with van der Waals surface area (Å²) in [6.45, 7) is 3.75. The largest absolute Gasteiger partial charge is 0.472 e. The van der Waals surface area contributed by atoms with Gasteiger partial charge in [-0.15, -0.1) is 0 Å². The van der Waals surface area contributed by atoms with Gasteiger partial charge in [0, 0.05) is 19.4 Å². The van der Waals surface area contributed by atoms with Crippen LogP contribution in [0.15, 0.2) is 24.3 Å². The maximum atomic E-state index is 12.6. The summed E-state index contributed by atoms with van der Waals surface area (Å²) in [5, 5.41) is 0. The zero-order chi connectivity index (χ0) is 43.9. The molecule has 0 saturated carbocycles. The Morgan fingerprint density at radius 3 is 1.18 bits per heavy atom. The minimum absolute atomic E-state index is 0.0539. The fourth-order valence-electron chi connectivity index (χ4n) is 7.27. The number of phosphoric acid groups is 1. The van der Waals surface area contributed by atoms with Gasteiger partial charge in [-0.1, -0.05) is 199 Å². The third kappa shape index (κ3) is 46.0. The highest BCUT2D eigenvalue weighted by atomic mass is 31.2. The van der Waals surface area contributed by atoms with E-state index in [1.165, 1.54) is 167 Å². The van der Waals surface area contributed by atoms with E-state index in [-0.39, 0.29) is 38.6 Å². The molecule has 0 aromatic rings. The molecule has 0 saturated heterocycles. The molecule has 0 fully saturated rings. The minimum atomic E-state index is -4.38. The molecule has 0 amide bonds. The molecular formula is C50H96NO8P. The van der Waals surface area contributed by atoms with E-state index < -0.39 is 26.5 Å². The number of hydrogen-bond acceptors (Lipinski definition) is 8. The first-order valence-electron chi connectivity index (χ1n) is 25.3. The maximum Gasteiger partial charge on any atom is 0.472 e. The molecule has 0 heterocycles. The SMILES string of the molecule is CCCCCCC/C=C\CCCCCCCC(=O)OCC(COP(=O)(O)OCCN)OC(=O)CCCCCCCCCCCCCCC/C=C\CCCCCCCCCC. The summed E-state index contributed by atoms with van der Waals surface area (Å²) < 4.78 is 32.9. The average molecular weight is 870 g/mol. The number of nitrogens with two attached hydrogens (primary N) is 1. The van der Waals surface area contributed by atoms with Gasteiger partial charge in [-0.05, 0) is 64.2 Å². The van der Waals surface area contributed by atoms with Crippen LogP contribution in [0, 0.1) is 0 Å². The van der Waals surface area contributed by atoms with E-state index in [9.17, 15) is 19.0 Å². The number of rotatable bonds is 48. The first-order valence-corrected chi connectivity index (χ1v) is 26.8. The topological polar surface area (TPSA) is 134 Å². The molecule has 0 aliphatic heterocycles. The fourth-order valence-corrected chi connectivity index (χ4v) is 8.04. The molecule has 2 atom stereocenters. The summed E-state index contributed by atoms with van der Waals surface area (Å²) in [5.41, 5.74) is 5.36. The van der Waals surface area contributed by atoms with Crippen molar-refractivity contribution in [3.05, 3.63) is 24.3 Å². The van der Waals surface area contributed by atoms with E-state index in [4.69, 9.17) is 24.3 Å². The van der Waals surface area contributed by atoms with Gasteiger partial charge in [0.15, 0.2) is 6.10 Å². The number of carbonyl (C=O) groups is 2. The van der Waals surface area contributed by atoms with Gasteiger partial charge >= 0.3 is 19.8 Å². The second-order valence-electron chi connectivity index (χ2n) is 17.0. The molecule has 0 radical (unpaired) electrons. The summed E-state index contributed by atoms with van der Waals surface area (Å²) >= 11 is 0. The number of phosphoric ester groups is 1. The Labute approximate surface area is 370 Å². The van der Waals surface area contributed by atoms with Crippen molar-refractivity contribution in [1.29, 1.82) is 0 Å². The van der Waals surface area contributed by atoms with Crippen LogP contribution in [0.5, 0.6) is 0 Å². The number of unbranched alkanes of at least 4 members (excludes halogenated alkanes) is 31. The van der Waals surface area contributed by atoms with Crippen LogP contribution in [-0.4, -0.2) is 49.3 Å². The van der Waals surface area contributed by atoms with Gasteiger partial charge in [-0.3, -0.25) is 18.6 Å². The molecule has 0 rings (SSSR count). The Morgan fingerprint density at radius 2 is 0.817 bits per heavy atom. The molecule has 0 aromatic heterocycles. The van der Waals surface area contributed by atoms with Crippen LogP contribution in [-0.2, 0) is 32.7 Å². The summed E-state index contributed by atoms with van der Waals surface area (Å²) in [7, 11) is -4.38. The van der Waals surface area contributed by atoms with Crippen molar-refractivity contribution in [3.63, 3.8) is 0 Å². The molecule has 0 aromatic carbocycles. The Balaban J connectivity index is 3.99. The predicted molar refractivity (Wildman–Crippen MR) is 252 cm³/mol. The summed E-state index contributed by atoms with van der Waals surface area (Å²) in [6.07, 6.45) is 52.2. The molecule has 0 aliphatic rings. The van der Waals surface area contributed by atoms with E-state index in [1.54, 1.807) is 0 Å². The number of allylic oxidation sites excluding steroid dienone is 4. The van der Waals surface area contributed by atoms with Crippen molar-refractivity contribution < 1.29 is 37.6 Å². The average Bonchev–Trinajstić information content (AvgIpc) is 3.24. The first kappa shape index (κ1) is 58.5. The highest BCUT2D eigenvalue weighted by molar-refractivity contribution is 7.47. The third-order valence-corrected chi connectivity index (χ3v) is 12.0. The van der Waals surface area contributed by atoms with Gasteiger partial charge in [0.05, 0.1) is 13.2 Å². The van der Waals surface area contributed by atoms with Gasteiger partial charge < -0.3 is 20.1 Å². The van der Waals surface area contributed by atoms with E-state index in [1.807, 2.05) is 0 Å². The lowest BCUT2D eigenvalue weighted by Crippen LogP contribution is -2.29. The van der Waals surface area contributed by atoms with Gasteiger partial charge in [0.1, 0.15) is 6.61 Å². The standard InChI is InChI=1S/C50H96NO8P/c1-3-5-7-9-11-13-15-17-19-20-21-22-23-24-25-26-27-28-29-31-33-35-37-39-41-43-50(53)59-48(47-58-60(54,55)57-45-44-51)46-56-49(52)42-40-38-36-34-32-30-18-16-14-12-10-8-6-4-2/h16,18,20-21,48H,3-15,17,19,22-47,51H2,1-2H3,(H,54,55)/b18-16-,21-20-. The molecule has 60 heavy (non-hydrogen) atoms. The van der Waals surface area contributed by atoms with Crippen LogP contribution in [0.1, 0.15) is 251 Å². The zero-order valence-electron chi connectivity index (χ0n) is 39.2. The molecule has 10 heteroatoms. The van der Waals surface area contributed by atoms with Crippen molar-refractivity contribution in [1.82, 2.24) is 0 Å². The summed E-state index contributed by atoms with van der Waals surface area (Å²) in [6, 6.07) is 0.